The lowest BCUT2D eigenvalue weighted by atomic mass is 9.86. The highest BCUT2D eigenvalue weighted by atomic mass is 35.5. The van der Waals surface area contributed by atoms with E-state index < -0.39 is 5.97 Å². The van der Waals surface area contributed by atoms with Crippen molar-refractivity contribution in [1.82, 2.24) is 9.88 Å². The minimum absolute atomic E-state index is 0.0511. The molecule has 6 nitrogen and oxygen atoms in total. The molecule has 4 aromatic rings. The maximum Gasteiger partial charge on any atom is 0.305 e. The molecule has 0 aliphatic heterocycles. The zero-order chi connectivity index (χ0) is 31.3. The van der Waals surface area contributed by atoms with Crippen molar-refractivity contribution >= 4 is 40.2 Å². The van der Waals surface area contributed by atoms with Gasteiger partial charge in [0.25, 0.3) is 5.91 Å². The summed E-state index contributed by atoms with van der Waals surface area (Å²) in [5.41, 5.74) is 5.48. The number of nitrogens with zero attached hydrogens (tertiary/aromatic N) is 1. The van der Waals surface area contributed by atoms with E-state index in [0.29, 0.717) is 22.7 Å². The lowest BCUT2D eigenvalue weighted by Crippen LogP contribution is -2.26. The molecule has 0 spiro atoms. The Balaban J connectivity index is 1.63. The number of nitrogens with one attached hydrogen (secondary N) is 1. The SMILES string of the molecule is CCC[C@@H](Cc1ccc(C(=O)NCCC(=O)O)cc1)C(=O)c1cc2cc(Cl)ccc2n1[C@H](C)c1ccc(C(C)(C)C)cc1. The van der Waals surface area contributed by atoms with Gasteiger partial charge in [-0.05, 0) is 78.3 Å². The molecule has 0 aliphatic carbocycles. The van der Waals surface area contributed by atoms with E-state index in [2.05, 4.69) is 68.8 Å². The Bertz CT molecular complexity index is 1600. The van der Waals surface area contributed by atoms with Crippen molar-refractivity contribution in [2.75, 3.05) is 6.54 Å². The number of carbonyl (C=O) groups is 3. The number of benzene rings is 3. The number of aromatic nitrogens is 1. The third kappa shape index (κ3) is 7.74. The van der Waals surface area contributed by atoms with Gasteiger partial charge in [0.15, 0.2) is 5.78 Å². The molecule has 7 heteroatoms. The van der Waals surface area contributed by atoms with E-state index in [1.54, 1.807) is 12.1 Å². The number of carboxylic acids is 1. The van der Waals surface area contributed by atoms with Crippen LogP contribution in [-0.2, 0) is 16.6 Å². The Morgan fingerprint density at radius 2 is 1.63 bits per heavy atom. The van der Waals surface area contributed by atoms with Crippen LogP contribution >= 0.6 is 11.6 Å². The van der Waals surface area contributed by atoms with E-state index in [4.69, 9.17) is 16.7 Å². The van der Waals surface area contributed by atoms with Gasteiger partial charge >= 0.3 is 5.97 Å². The van der Waals surface area contributed by atoms with Crippen LogP contribution in [-0.4, -0.2) is 33.9 Å². The number of Topliss-reactive ketones (excluding diaryl/α,β-unsaturated/α-hetero) is 1. The first-order chi connectivity index (χ1) is 20.4. The average Bonchev–Trinajstić information content (AvgIpc) is 3.34. The Morgan fingerprint density at radius 3 is 2.23 bits per heavy atom. The maximum absolute atomic E-state index is 14.3. The van der Waals surface area contributed by atoms with E-state index in [1.807, 2.05) is 36.4 Å². The smallest absolute Gasteiger partial charge is 0.305 e. The summed E-state index contributed by atoms with van der Waals surface area (Å²) in [4.78, 5) is 37.4. The standard InChI is InChI=1S/C36H41ClN2O4/c1-6-7-27(20-24-8-10-26(11-9-24)35(43)38-19-18-33(40)41)34(42)32-22-28-21-30(37)16-17-31(28)39(32)23(2)25-12-14-29(15-13-25)36(3,4)5/h8-17,21-23,27H,6-7,18-20H2,1-5H3,(H,38,43)(H,40,41)/t23-,27+/m1/s1. The number of hydrogen-bond acceptors (Lipinski definition) is 3. The van der Waals surface area contributed by atoms with Crippen LogP contribution in [0.4, 0.5) is 0 Å². The van der Waals surface area contributed by atoms with E-state index in [9.17, 15) is 14.4 Å². The number of carbonyl (C=O) groups excluding carboxylic acids is 2. The summed E-state index contributed by atoms with van der Waals surface area (Å²) >= 11 is 6.36. The van der Waals surface area contributed by atoms with Crippen molar-refractivity contribution in [3.63, 3.8) is 0 Å². The van der Waals surface area contributed by atoms with Gasteiger partial charge in [-0.3, -0.25) is 14.4 Å². The van der Waals surface area contributed by atoms with E-state index >= 15 is 0 Å². The highest BCUT2D eigenvalue weighted by molar-refractivity contribution is 6.31. The van der Waals surface area contributed by atoms with Gasteiger partial charge in [-0.15, -0.1) is 0 Å². The zero-order valence-corrected chi connectivity index (χ0v) is 26.4. The lowest BCUT2D eigenvalue weighted by molar-refractivity contribution is -0.136. The Kier molecular flexibility index (Phi) is 10.1. The van der Waals surface area contributed by atoms with Crippen LogP contribution < -0.4 is 5.32 Å². The Morgan fingerprint density at radius 1 is 0.953 bits per heavy atom. The Hall–Kier alpha value is -3.90. The maximum atomic E-state index is 14.3. The monoisotopic (exact) mass is 600 g/mol. The van der Waals surface area contributed by atoms with Gasteiger partial charge < -0.3 is 15.0 Å². The van der Waals surface area contributed by atoms with Gasteiger partial charge in [0.2, 0.25) is 0 Å². The van der Waals surface area contributed by atoms with E-state index in [-0.39, 0.29) is 42.0 Å². The fourth-order valence-electron chi connectivity index (χ4n) is 5.57. The molecule has 1 heterocycles. The van der Waals surface area contributed by atoms with Crippen LogP contribution in [0, 0.1) is 5.92 Å². The van der Waals surface area contributed by atoms with Crippen LogP contribution in [0.3, 0.4) is 0 Å². The first kappa shape index (κ1) is 32.0. The van der Waals surface area contributed by atoms with Gasteiger partial charge in [0.1, 0.15) is 0 Å². The first-order valence-electron chi connectivity index (χ1n) is 14.9. The fraction of sp³-hybridized carbons (Fsp3) is 0.361. The lowest BCUT2D eigenvalue weighted by Gasteiger charge is -2.24. The molecule has 0 saturated carbocycles. The summed E-state index contributed by atoms with van der Waals surface area (Å²) in [6.45, 7) is 10.9. The largest absolute Gasteiger partial charge is 0.481 e. The number of amides is 1. The number of aliphatic carboxylic acids is 1. The molecule has 4 rings (SSSR count). The summed E-state index contributed by atoms with van der Waals surface area (Å²) in [5.74, 6) is -1.43. The van der Waals surface area contributed by atoms with Gasteiger partial charge in [-0.2, -0.15) is 0 Å². The molecule has 3 aromatic carbocycles. The van der Waals surface area contributed by atoms with Gasteiger partial charge in [0.05, 0.1) is 18.2 Å². The predicted octanol–water partition coefficient (Wildman–Crippen LogP) is 8.25. The van der Waals surface area contributed by atoms with Gasteiger partial charge in [-0.1, -0.05) is 82.1 Å². The third-order valence-corrected chi connectivity index (χ3v) is 8.27. The van der Waals surface area contributed by atoms with Crippen LogP contribution in [0.5, 0.6) is 0 Å². The highest BCUT2D eigenvalue weighted by Crippen LogP contribution is 2.33. The van der Waals surface area contributed by atoms with Crippen molar-refractivity contribution in [2.24, 2.45) is 5.92 Å². The molecule has 0 aliphatic rings. The minimum atomic E-state index is -0.961. The third-order valence-electron chi connectivity index (χ3n) is 8.03. The highest BCUT2D eigenvalue weighted by Gasteiger charge is 2.27. The van der Waals surface area contributed by atoms with Crippen molar-refractivity contribution < 1.29 is 19.5 Å². The van der Waals surface area contributed by atoms with Crippen LogP contribution in [0.2, 0.25) is 5.02 Å². The van der Waals surface area contributed by atoms with Crippen LogP contribution in [0.25, 0.3) is 10.9 Å². The quantitative estimate of drug-likeness (QED) is 0.160. The zero-order valence-electron chi connectivity index (χ0n) is 25.6. The van der Waals surface area contributed by atoms with Gasteiger partial charge in [0, 0.05) is 34.0 Å². The van der Waals surface area contributed by atoms with Crippen molar-refractivity contribution in [3.8, 4) is 0 Å². The molecular weight excluding hydrogens is 560 g/mol. The molecule has 226 valence electrons. The number of rotatable bonds is 12. The summed E-state index contributed by atoms with van der Waals surface area (Å²) in [7, 11) is 0. The van der Waals surface area contributed by atoms with E-state index in [0.717, 1.165) is 34.9 Å². The van der Waals surface area contributed by atoms with E-state index in [1.165, 1.54) is 5.56 Å². The number of ketones is 1. The minimum Gasteiger partial charge on any atom is -0.481 e. The predicted molar refractivity (Wildman–Crippen MR) is 173 cm³/mol. The van der Waals surface area contributed by atoms with Crippen molar-refractivity contribution in [1.29, 1.82) is 0 Å². The molecule has 2 atom stereocenters. The second-order valence-corrected chi connectivity index (χ2v) is 12.7. The fourth-order valence-corrected chi connectivity index (χ4v) is 5.75. The molecule has 0 bridgehead atoms. The molecule has 0 radical (unpaired) electrons. The molecule has 43 heavy (non-hydrogen) atoms. The molecule has 0 unspecified atom stereocenters. The second-order valence-electron chi connectivity index (χ2n) is 12.3. The number of fused-ring (bicyclic) bond motifs is 1. The molecule has 2 N–H and O–H groups in total. The summed E-state index contributed by atoms with van der Waals surface area (Å²) < 4.78 is 2.15. The molecule has 0 fully saturated rings. The van der Waals surface area contributed by atoms with Crippen LogP contribution in [0.15, 0.2) is 72.8 Å². The summed E-state index contributed by atoms with van der Waals surface area (Å²) in [6.07, 6.45) is 2.00. The average molecular weight is 601 g/mol. The normalized spacial score (nSPS) is 13.1. The molecule has 1 aromatic heterocycles. The summed E-state index contributed by atoms with van der Waals surface area (Å²) in [5, 5.41) is 13.0. The number of hydrogen-bond donors (Lipinski definition) is 2. The number of carboxylic acid groups (broad SMARTS) is 1. The second kappa shape index (κ2) is 13.6. The molecule has 0 saturated heterocycles. The Labute approximate surface area is 259 Å². The van der Waals surface area contributed by atoms with Crippen molar-refractivity contribution in [2.45, 2.75) is 71.8 Å². The van der Waals surface area contributed by atoms with Gasteiger partial charge in [-0.25, -0.2) is 0 Å². The summed E-state index contributed by atoms with van der Waals surface area (Å²) in [6, 6.07) is 23.5. The first-order valence-corrected chi connectivity index (χ1v) is 15.3. The van der Waals surface area contributed by atoms with Crippen LogP contribution in [0.1, 0.15) is 97.5 Å². The van der Waals surface area contributed by atoms with Crippen molar-refractivity contribution in [3.05, 3.63) is 106 Å². The number of halogens is 1. The topological polar surface area (TPSA) is 88.4 Å². The molecular formula is C36H41ClN2O4. The molecule has 1 amide bonds.